The Labute approximate surface area is 173 Å². The highest BCUT2D eigenvalue weighted by Crippen LogP contribution is 2.27. The molecule has 2 aliphatic heterocycles. The molecule has 0 aliphatic carbocycles. The van der Waals surface area contributed by atoms with Crippen molar-refractivity contribution in [2.75, 3.05) is 44.2 Å². The maximum atomic E-state index is 12.7. The zero-order valence-corrected chi connectivity index (χ0v) is 17.6. The summed E-state index contributed by atoms with van der Waals surface area (Å²) in [5.74, 6) is 0.109. The van der Waals surface area contributed by atoms with Crippen LogP contribution in [0.3, 0.4) is 0 Å². The molecule has 0 bridgehead atoms. The first-order chi connectivity index (χ1) is 12.0. The SMILES string of the molecule is CC(N)C(C)C(=O)N1CCN(CC(=O)N2CCc3ccccc32)CC1.Cl.Cl. The Morgan fingerprint density at radius 3 is 2.30 bits per heavy atom. The number of hydrogen-bond donors (Lipinski definition) is 1. The predicted octanol–water partition coefficient (Wildman–Crippen LogP) is 1.55. The van der Waals surface area contributed by atoms with E-state index in [0.29, 0.717) is 19.6 Å². The first-order valence-corrected chi connectivity index (χ1v) is 9.12. The summed E-state index contributed by atoms with van der Waals surface area (Å²) in [7, 11) is 0. The second-order valence-corrected chi connectivity index (χ2v) is 7.17. The molecule has 1 aromatic rings. The predicted molar refractivity (Wildman–Crippen MR) is 113 cm³/mol. The molecule has 0 radical (unpaired) electrons. The molecular weight excluding hydrogens is 387 g/mol. The minimum Gasteiger partial charge on any atom is -0.340 e. The fraction of sp³-hybridized carbons (Fsp3) is 0.579. The van der Waals surface area contributed by atoms with Gasteiger partial charge in [0.05, 0.1) is 12.5 Å². The lowest BCUT2D eigenvalue weighted by Gasteiger charge is -2.36. The Bertz CT molecular complexity index is 648. The van der Waals surface area contributed by atoms with Crippen LogP contribution in [0.4, 0.5) is 5.69 Å². The van der Waals surface area contributed by atoms with Crippen LogP contribution in [0.5, 0.6) is 0 Å². The molecule has 2 amide bonds. The molecule has 2 atom stereocenters. The van der Waals surface area contributed by atoms with Gasteiger partial charge in [-0.2, -0.15) is 0 Å². The highest BCUT2D eigenvalue weighted by molar-refractivity contribution is 5.96. The van der Waals surface area contributed by atoms with Gasteiger partial charge in [-0.15, -0.1) is 24.8 Å². The van der Waals surface area contributed by atoms with E-state index in [2.05, 4.69) is 11.0 Å². The van der Waals surface area contributed by atoms with Crippen molar-refractivity contribution in [2.24, 2.45) is 11.7 Å². The molecule has 152 valence electrons. The van der Waals surface area contributed by atoms with Gasteiger partial charge in [0, 0.05) is 44.5 Å². The van der Waals surface area contributed by atoms with Crippen LogP contribution in [-0.2, 0) is 16.0 Å². The van der Waals surface area contributed by atoms with Gasteiger partial charge in [-0.3, -0.25) is 14.5 Å². The van der Waals surface area contributed by atoms with Crippen molar-refractivity contribution in [1.29, 1.82) is 0 Å². The molecule has 2 N–H and O–H groups in total. The first kappa shape index (κ1) is 23.7. The van der Waals surface area contributed by atoms with Gasteiger partial charge in [0.1, 0.15) is 0 Å². The number of piperazine rings is 1. The lowest BCUT2D eigenvalue weighted by Crippen LogP contribution is -2.53. The number of nitrogens with zero attached hydrogens (tertiary/aromatic N) is 3. The maximum Gasteiger partial charge on any atom is 0.241 e. The molecule has 0 saturated carbocycles. The number of para-hydroxylation sites is 1. The Kier molecular flexibility index (Phi) is 9.02. The molecular formula is C19H30Cl2N4O2. The van der Waals surface area contributed by atoms with Crippen LogP contribution in [0.25, 0.3) is 0 Å². The quantitative estimate of drug-likeness (QED) is 0.807. The highest BCUT2D eigenvalue weighted by Gasteiger charge is 2.29. The second kappa shape index (κ2) is 10.3. The van der Waals surface area contributed by atoms with Crippen LogP contribution < -0.4 is 10.6 Å². The number of anilines is 1. The summed E-state index contributed by atoms with van der Waals surface area (Å²) in [6.07, 6.45) is 0.930. The lowest BCUT2D eigenvalue weighted by atomic mass is 10.0. The van der Waals surface area contributed by atoms with Crippen molar-refractivity contribution < 1.29 is 9.59 Å². The molecule has 0 aromatic heterocycles. The van der Waals surface area contributed by atoms with Crippen molar-refractivity contribution in [2.45, 2.75) is 26.3 Å². The lowest BCUT2D eigenvalue weighted by molar-refractivity contribution is -0.137. The molecule has 1 aromatic carbocycles. The molecule has 8 heteroatoms. The summed E-state index contributed by atoms with van der Waals surface area (Å²) < 4.78 is 0. The zero-order chi connectivity index (χ0) is 18.0. The van der Waals surface area contributed by atoms with Crippen molar-refractivity contribution in [1.82, 2.24) is 9.80 Å². The first-order valence-electron chi connectivity index (χ1n) is 9.12. The molecule has 3 rings (SSSR count). The summed E-state index contributed by atoms with van der Waals surface area (Å²) in [5.41, 5.74) is 8.13. The molecule has 2 aliphatic rings. The van der Waals surface area contributed by atoms with Crippen LogP contribution in [0.2, 0.25) is 0 Å². The summed E-state index contributed by atoms with van der Waals surface area (Å²) in [5, 5.41) is 0. The van der Waals surface area contributed by atoms with Gasteiger partial charge < -0.3 is 15.5 Å². The van der Waals surface area contributed by atoms with Gasteiger partial charge in [0.2, 0.25) is 11.8 Å². The largest absolute Gasteiger partial charge is 0.340 e. The van der Waals surface area contributed by atoms with E-state index < -0.39 is 0 Å². The molecule has 0 spiro atoms. The van der Waals surface area contributed by atoms with E-state index >= 15 is 0 Å². The van der Waals surface area contributed by atoms with Crippen LogP contribution in [0.1, 0.15) is 19.4 Å². The van der Waals surface area contributed by atoms with E-state index in [1.165, 1.54) is 5.56 Å². The number of nitrogens with two attached hydrogens (primary N) is 1. The van der Waals surface area contributed by atoms with Gasteiger partial charge in [-0.1, -0.05) is 25.1 Å². The smallest absolute Gasteiger partial charge is 0.241 e. The number of rotatable bonds is 4. The van der Waals surface area contributed by atoms with Gasteiger partial charge >= 0.3 is 0 Å². The number of fused-ring (bicyclic) bond motifs is 1. The van der Waals surface area contributed by atoms with E-state index in [-0.39, 0.29) is 48.6 Å². The number of carbonyl (C=O) groups excluding carboxylic acids is 2. The Balaban J connectivity index is 0.00000182. The summed E-state index contributed by atoms with van der Waals surface area (Å²) in [6.45, 7) is 7.73. The van der Waals surface area contributed by atoms with Crippen molar-refractivity contribution in [3.05, 3.63) is 29.8 Å². The molecule has 1 saturated heterocycles. The van der Waals surface area contributed by atoms with Crippen molar-refractivity contribution in [3.8, 4) is 0 Å². The van der Waals surface area contributed by atoms with E-state index in [1.54, 1.807) is 0 Å². The minimum absolute atomic E-state index is 0. The number of carbonyl (C=O) groups is 2. The maximum absolute atomic E-state index is 12.7. The van der Waals surface area contributed by atoms with Crippen molar-refractivity contribution in [3.63, 3.8) is 0 Å². The third kappa shape index (κ3) is 5.35. The molecule has 2 heterocycles. The molecule has 6 nitrogen and oxygen atoms in total. The number of hydrogen-bond acceptors (Lipinski definition) is 4. The monoisotopic (exact) mass is 416 g/mol. The van der Waals surface area contributed by atoms with Crippen LogP contribution >= 0.6 is 24.8 Å². The Morgan fingerprint density at radius 2 is 1.67 bits per heavy atom. The van der Waals surface area contributed by atoms with E-state index in [9.17, 15) is 9.59 Å². The fourth-order valence-corrected chi connectivity index (χ4v) is 3.51. The molecule has 1 fully saturated rings. The standard InChI is InChI=1S/C19H28N4O2.2ClH/c1-14(15(2)20)19(25)22-11-9-21(10-12-22)13-18(24)23-8-7-16-5-3-4-6-17(16)23;;/h3-6,14-15H,7-13,20H2,1-2H3;2*1H. The van der Waals surface area contributed by atoms with Crippen molar-refractivity contribution >= 4 is 42.3 Å². The minimum atomic E-state index is -0.158. The zero-order valence-electron chi connectivity index (χ0n) is 16.0. The van der Waals surface area contributed by atoms with E-state index in [0.717, 1.165) is 31.7 Å². The third-order valence-electron chi connectivity index (χ3n) is 5.41. The van der Waals surface area contributed by atoms with Gasteiger partial charge in [-0.25, -0.2) is 0 Å². The summed E-state index contributed by atoms with van der Waals surface area (Å²) in [4.78, 5) is 31.0. The highest BCUT2D eigenvalue weighted by atomic mass is 35.5. The number of halogens is 2. The van der Waals surface area contributed by atoms with Crippen LogP contribution in [-0.4, -0.2) is 66.9 Å². The Morgan fingerprint density at radius 1 is 1.04 bits per heavy atom. The van der Waals surface area contributed by atoms with E-state index in [1.807, 2.05) is 41.8 Å². The van der Waals surface area contributed by atoms with Crippen LogP contribution in [0, 0.1) is 5.92 Å². The average Bonchev–Trinajstić information content (AvgIpc) is 3.05. The Hall–Kier alpha value is -1.34. The second-order valence-electron chi connectivity index (χ2n) is 7.17. The third-order valence-corrected chi connectivity index (χ3v) is 5.41. The average molecular weight is 417 g/mol. The normalized spacial score (nSPS) is 18.8. The fourth-order valence-electron chi connectivity index (χ4n) is 3.51. The van der Waals surface area contributed by atoms with Gasteiger partial charge in [0.25, 0.3) is 0 Å². The molecule has 2 unspecified atom stereocenters. The van der Waals surface area contributed by atoms with E-state index in [4.69, 9.17) is 5.73 Å². The van der Waals surface area contributed by atoms with Gasteiger partial charge in [-0.05, 0) is 25.0 Å². The topological polar surface area (TPSA) is 69.9 Å². The number of amides is 2. The summed E-state index contributed by atoms with van der Waals surface area (Å²) in [6, 6.07) is 7.97. The van der Waals surface area contributed by atoms with Gasteiger partial charge in [0.15, 0.2) is 0 Å². The number of benzene rings is 1. The molecule has 27 heavy (non-hydrogen) atoms. The summed E-state index contributed by atoms with van der Waals surface area (Å²) >= 11 is 0. The van der Waals surface area contributed by atoms with Crippen LogP contribution in [0.15, 0.2) is 24.3 Å².